The van der Waals surface area contributed by atoms with Crippen molar-refractivity contribution < 1.29 is 27.5 Å². The van der Waals surface area contributed by atoms with E-state index in [9.17, 15) is 22.8 Å². The number of halogens is 3. The van der Waals surface area contributed by atoms with E-state index in [-0.39, 0.29) is 5.69 Å². The number of ether oxygens (including phenoxy) is 1. The van der Waals surface area contributed by atoms with Crippen LogP contribution in [0.1, 0.15) is 23.6 Å². The van der Waals surface area contributed by atoms with Crippen molar-refractivity contribution in [1.29, 1.82) is 5.26 Å². The van der Waals surface area contributed by atoms with E-state index >= 15 is 0 Å². The lowest BCUT2D eigenvalue weighted by atomic mass is 9.90. The molecule has 0 bridgehead atoms. The summed E-state index contributed by atoms with van der Waals surface area (Å²) >= 11 is 0. The van der Waals surface area contributed by atoms with Gasteiger partial charge in [-0.1, -0.05) is 25.7 Å². The zero-order chi connectivity index (χ0) is 28.0. The highest BCUT2D eigenvalue weighted by Gasteiger charge is 2.54. The first-order valence-corrected chi connectivity index (χ1v) is 15.7. The number of urea groups is 1. The molecule has 2 aromatic carbocycles. The van der Waals surface area contributed by atoms with Crippen molar-refractivity contribution in [3.8, 4) is 6.07 Å². The molecule has 38 heavy (non-hydrogen) atoms. The number of alkyl halides is 3. The number of anilines is 1. The lowest BCUT2D eigenvalue weighted by Crippen LogP contribution is -2.42. The molecule has 3 aromatic rings. The van der Waals surface area contributed by atoms with Crippen LogP contribution in [0, 0.1) is 11.3 Å². The van der Waals surface area contributed by atoms with Crippen LogP contribution in [0.3, 0.4) is 0 Å². The third-order valence-corrected chi connectivity index (χ3v) is 8.57. The molecule has 1 saturated heterocycles. The summed E-state index contributed by atoms with van der Waals surface area (Å²) in [4.78, 5) is 33.1. The average molecular weight is 544 g/mol. The number of imidazole rings is 1. The fourth-order valence-electron chi connectivity index (χ4n) is 4.35. The number of carbonyl (C=O) groups is 2. The Morgan fingerprint density at radius 3 is 2.47 bits per heavy atom. The van der Waals surface area contributed by atoms with Crippen molar-refractivity contribution in [2.45, 2.75) is 51.1 Å². The first kappa shape index (κ1) is 27.3. The van der Waals surface area contributed by atoms with Gasteiger partial charge >= 0.3 is 12.2 Å². The van der Waals surface area contributed by atoms with Crippen LogP contribution in [-0.2, 0) is 28.0 Å². The fourth-order valence-corrected chi connectivity index (χ4v) is 5.10. The number of imide groups is 1. The minimum absolute atomic E-state index is 0.261. The average Bonchev–Trinajstić information content (AvgIpc) is 3.33. The summed E-state index contributed by atoms with van der Waals surface area (Å²) in [7, 11) is 0.202. The Kier molecular flexibility index (Phi) is 6.88. The standard InChI is InChI=1S/C26H28F3N5O3Si/c1-25(18-7-9-22-21(12-18)31-15-33(22)16-37-10-11-38(3,4)5)23(35)34(24(36)32(25)2)19-8-6-17(14-30)20(13-19)26(27,28)29/h6-9,12-13,15H,10-11,16H2,1-5H3. The molecule has 1 atom stereocenters. The van der Waals surface area contributed by atoms with Crippen molar-refractivity contribution in [1.82, 2.24) is 14.5 Å². The second-order valence-electron chi connectivity index (χ2n) is 10.7. The molecule has 0 radical (unpaired) electrons. The van der Waals surface area contributed by atoms with Gasteiger partial charge < -0.3 is 14.2 Å². The molecule has 2 heterocycles. The maximum absolute atomic E-state index is 13.6. The minimum atomic E-state index is -4.83. The molecule has 0 N–H and O–H groups in total. The monoisotopic (exact) mass is 543 g/mol. The Morgan fingerprint density at radius 2 is 1.84 bits per heavy atom. The summed E-state index contributed by atoms with van der Waals surface area (Å²) < 4.78 is 48.2. The van der Waals surface area contributed by atoms with Gasteiger partial charge in [-0.15, -0.1) is 0 Å². The summed E-state index contributed by atoms with van der Waals surface area (Å²) in [5.74, 6) is -0.712. The molecular weight excluding hydrogens is 515 g/mol. The Hall–Kier alpha value is -3.69. The van der Waals surface area contributed by atoms with Gasteiger partial charge in [0.15, 0.2) is 0 Å². The molecule has 12 heteroatoms. The highest BCUT2D eigenvalue weighted by Crippen LogP contribution is 2.41. The predicted octanol–water partition coefficient (Wildman–Crippen LogP) is 5.55. The molecule has 200 valence electrons. The number of hydrogen-bond donors (Lipinski definition) is 0. The van der Waals surface area contributed by atoms with E-state index in [1.807, 2.05) is 4.57 Å². The number of likely N-dealkylation sites (N-methyl/N-ethyl adjacent to an activating group) is 1. The van der Waals surface area contributed by atoms with E-state index in [1.54, 1.807) is 31.5 Å². The van der Waals surface area contributed by atoms with Gasteiger partial charge in [-0.25, -0.2) is 14.7 Å². The Bertz CT molecular complexity index is 1460. The molecule has 1 aliphatic rings. The number of nitriles is 1. The number of aromatic nitrogens is 2. The Balaban J connectivity index is 1.64. The Labute approximate surface area is 219 Å². The van der Waals surface area contributed by atoms with Crippen molar-refractivity contribution in [3.05, 3.63) is 59.4 Å². The highest BCUT2D eigenvalue weighted by molar-refractivity contribution is 6.76. The zero-order valence-electron chi connectivity index (χ0n) is 21.8. The number of fused-ring (bicyclic) bond motifs is 1. The van der Waals surface area contributed by atoms with Crippen LogP contribution in [0.5, 0.6) is 0 Å². The number of rotatable bonds is 7. The lowest BCUT2D eigenvalue weighted by molar-refractivity contribution is -0.137. The fraction of sp³-hybridized carbons (Fsp3) is 0.385. The maximum atomic E-state index is 13.6. The molecule has 1 aliphatic heterocycles. The quantitative estimate of drug-likeness (QED) is 0.221. The van der Waals surface area contributed by atoms with Crippen molar-refractivity contribution in [2.75, 3.05) is 18.6 Å². The number of hydrogen-bond acceptors (Lipinski definition) is 5. The van der Waals surface area contributed by atoms with E-state index in [0.29, 0.717) is 35.4 Å². The van der Waals surface area contributed by atoms with Gasteiger partial charge in [-0.2, -0.15) is 18.4 Å². The van der Waals surface area contributed by atoms with Gasteiger partial charge in [0.1, 0.15) is 12.3 Å². The topological polar surface area (TPSA) is 91.5 Å². The Morgan fingerprint density at radius 1 is 1.13 bits per heavy atom. The van der Waals surface area contributed by atoms with Gasteiger partial charge in [-0.05, 0) is 48.9 Å². The summed E-state index contributed by atoms with van der Waals surface area (Å²) in [6, 6.07) is 9.70. The van der Waals surface area contributed by atoms with Crippen LogP contribution in [0.25, 0.3) is 11.0 Å². The van der Waals surface area contributed by atoms with E-state index in [4.69, 9.17) is 10.00 Å². The number of nitrogens with zero attached hydrogens (tertiary/aromatic N) is 5. The van der Waals surface area contributed by atoms with E-state index in [2.05, 4.69) is 24.6 Å². The summed E-state index contributed by atoms with van der Waals surface area (Å²) in [6.45, 7) is 9.33. The van der Waals surface area contributed by atoms with Crippen LogP contribution >= 0.6 is 0 Å². The van der Waals surface area contributed by atoms with Crippen molar-refractivity contribution in [3.63, 3.8) is 0 Å². The third kappa shape index (κ3) is 4.79. The number of benzene rings is 2. The molecule has 0 saturated carbocycles. The molecule has 0 aliphatic carbocycles. The van der Waals surface area contributed by atoms with Gasteiger partial charge in [0.25, 0.3) is 5.91 Å². The molecule has 4 rings (SSSR count). The summed E-state index contributed by atoms with van der Waals surface area (Å²) in [5.41, 5.74) is -1.73. The van der Waals surface area contributed by atoms with Crippen molar-refractivity contribution in [2.24, 2.45) is 0 Å². The summed E-state index contributed by atoms with van der Waals surface area (Å²) in [5, 5.41) is 9.08. The second-order valence-corrected chi connectivity index (χ2v) is 16.3. The molecule has 1 aromatic heterocycles. The van der Waals surface area contributed by atoms with Crippen LogP contribution in [0.15, 0.2) is 42.7 Å². The predicted molar refractivity (Wildman–Crippen MR) is 138 cm³/mol. The van der Waals surface area contributed by atoms with Crippen LogP contribution in [-0.4, -0.2) is 48.1 Å². The molecular formula is C26H28F3N5O3Si. The molecule has 1 fully saturated rings. The molecule has 0 spiro atoms. The van der Waals surface area contributed by atoms with Crippen LogP contribution < -0.4 is 4.90 Å². The van der Waals surface area contributed by atoms with Gasteiger partial charge in [-0.3, -0.25) is 4.79 Å². The van der Waals surface area contributed by atoms with E-state index in [1.165, 1.54) is 18.0 Å². The first-order valence-electron chi connectivity index (χ1n) is 12.0. The molecule has 3 amide bonds. The van der Waals surface area contributed by atoms with Crippen LogP contribution in [0.2, 0.25) is 25.7 Å². The largest absolute Gasteiger partial charge is 0.417 e. The van der Waals surface area contributed by atoms with Gasteiger partial charge in [0.2, 0.25) is 0 Å². The summed E-state index contributed by atoms with van der Waals surface area (Å²) in [6.07, 6.45) is -3.19. The highest BCUT2D eigenvalue weighted by atomic mass is 28.3. The first-order chi connectivity index (χ1) is 17.7. The maximum Gasteiger partial charge on any atom is 0.417 e. The van der Waals surface area contributed by atoms with Crippen molar-refractivity contribution >= 4 is 36.7 Å². The molecule has 1 unspecified atom stereocenters. The SMILES string of the molecule is CN1C(=O)N(c2ccc(C#N)c(C(F)(F)F)c2)C(=O)C1(C)c1ccc2c(c1)ncn2COCC[Si](C)(C)C. The van der Waals surface area contributed by atoms with Crippen LogP contribution in [0.4, 0.5) is 23.7 Å². The number of carbonyl (C=O) groups excluding carboxylic acids is 2. The smallest absolute Gasteiger partial charge is 0.361 e. The minimum Gasteiger partial charge on any atom is -0.361 e. The lowest BCUT2D eigenvalue weighted by Gasteiger charge is -2.28. The van der Waals surface area contributed by atoms with E-state index in [0.717, 1.165) is 23.7 Å². The van der Waals surface area contributed by atoms with Gasteiger partial charge in [0, 0.05) is 21.7 Å². The van der Waals surface area contributed by atoms with Gasteiger partial charge in [0.05, 0.1) is 40.2 Å². The van der Waals surface area contributed by atoms with E-state index < -0.39 is 42.9 Å². The normalized spacial score (nSPS) is 18.5. The number of amides is 3. The third-order valence-electron chi connectivity index (χ3n) is 6.87. The second kappa shape index (κ2) is 9.56. The molecule has 8 nitrogen and oxygen atoms in total. The zero-order valence-corrected chi connectivity index (χ0v) is 22.8.